The average Bonchev–Trinajstić information content (AvgIpc) is 2.92. The standard InChI is InChI=1S/C10H12ClN3O2/c11-8-4-13-10(16-8)9(15)14-7-2-6-1-5(7)3-12-6/h4-7,12H,1-3H2,(H,14,15). The lowest BCUT2D eigenvalue weighted by Gasteiger charge is -2.22. The van der Waals surface area contributed by atoms with Crippen molar-refractivity contribution in [2.45, 2.75) is 24.9 Å². The highest BCUT2D eigenvalue weighted by Gasteiger charge is 2.40. The fourth-order valence-electron chi connectivity index (χ4n) is 2.60. The number of carbonyl (C=O) groups is 1. The number of hydrogen-bond donors (Lipinski definition) is 2. The molecule has 2 heterocycles. The van der Waals surface area contributed by atoms with Crippen LogP contribution in [-0.2, 0) is 0 Å². The lowest BCUT2D eigenvalue weighted by Crippen LogP contribution is -2.44. The van der Waals surface area contributed by atoms with Crippen molar-refractivity contribution in [2.75, 3.05) is 6.54 Å². The Labute approximate surface area is 97.6 Å². The number of halogens is 1. The predicted octanol–water partition coefficient (Wildman–Crippen LogP) is 0.808. The number of rotatable bonds is 2. The van der Waals surface area contributed by atoms with Gasteiger partial charge in [0, 0.05) is 18.6 Å². The van der Waals surface area contributed by atoms with Gasteiger partial charge in [0.25, 0.3) is 5.89 Å². The minimum atomic E-state index is -0.274. The Balaban J connectivity index is 1.65. The molecule has 2 aliphatic rings. The zero-order valence-electron chi connectivity index (χ0n) is 8.57. The summed E-state index contributed by atoms with van der Waals surface area (Å²) in [5.41, 5.74) is 0. The maximum absolute atomic E-state index is 11.7. The van der Waals surface area contributed by atoms with E-state index in [1.54, 1.807) is 0 Å². The van der Waals surface area contributed by atoms with E-state index in [-0.39, 0.29) is 23.1 Å². The summed E-state index contributed by atoms with van der Waals surface area (Å²) in [6.45, 7) is 0.988. The van der Waals surface area contributed by atoms with E-state index in [1.165, 1.54) is 6.20 Å². The van der Waals surface area contributed by atoms with Gasteiger partial charge in [-0.15, -0.1) is 0 Å². The first-order chi connectivity index (χ1) is 7.72. The Morgan fingerprint density at radius 3 is 3.06 bits per heavy atom. The first-order valence-electron chi connectivity index (χ1n) is 5.38. The van der Waals surface area contributed by atoms with Crippen LogP contribution in [0.3, 0.4) is 0 Å². The predicted molar refractivity (Wildman–Crippen MR) is 57.3 cm³/mol. The van der Waals surface area contributed by atoms with Crippen LogP contribution in [0.2, 0.25) is 5.22 Å². The van der Waals surface area contributed by atoms with E-state index in [9.17, 15) is 4.79 Å². The molecule has 1 amide bonds. The van der Waals surface area contributed by atoms with Crippen LogP contribution in [0.15, 0.2) is 10.6 Å². The molecular weight excluding hydrogens is 230 g/mol. The number of aromatic nitrogens is 1. The summed E-state index contributed by atoms with van der Waals surface area (Å²) in [6, 6.07) is 0.799. The molecule has 3 rings (SSSR count). The van der Waals surface area contributed by atoms with Crippen LogP contribution in [0.4, 0.5) is 0 Å². The van der Waals surface area contributed by atoms with Crippen LogP contribution in [0, 0.1) is 5.92 Å². The van der Waals surface area contributed by atoms with Gasteiger partial charge in [-0.2, -0.15) is 0 Å². The Kier molecular flexibility index (Phi) is 2.37. The van der Waals surface area contributed by atoms with Crippen molar-refractivity contribution in [2.24, 2.45) is 5.92 Å². The van der Waals surface area contributed by atoms with Crippen molar-refractivity contribution in [1.29, 1.82) is 0 Å². The minimum Gasteiger partial charge on any atom is -0.420 e. The smallest absolute Gasteiger partial charge is 0.307 e. The molecule has 0 aromatic carbocycles. The normalized spacial score (nSPS) is 31.9. The largest absolute Gasteiger partial charge is 0.420 e. The number of fused-ring (bicyclic) bond motifs is 2. The van der Waals surface area contributed by atoms with E-state index in [2.05, 4.69) is 15.6 Å². The fraction of sp³-hybridized carbons (Fsp3) is 0.600. The van der Waals surface area contributed by atoms with Crippen molar-refractivity contribution in [3.8, 4) is 0 Å². The number of hydrogen-bond acceptors (Lipinski definition) is 4. The second-order valence-electron chi connectivity index (χ2n) is 4.39. The second kappa shape index (κ2) is 3.75. The van der Waals surface area contributed by atoms with Gasteiger partial charge in [0.1, 0.15) is 0 Å². The highest BCUT2D eigenvalue weighted by atomic mass is 35.5. The highest BCUT2D eigenvalue weighted by Crippen LogP contribution is 2.31. The first-order valence-corrected chi connectivity index (χ1v) is 5.76. The van der Waals surface area contributed by atoms with Gasteiger partial charge in [0.2, 0.25) is 5.22 Å². The molecular formula is C10H12ClN3O2. The van der Waals surface area contributed by atoms with Crippen molar-refractivity contribution in [3.63, 3.8) is 0 Å². The van der Waals surface area contributed by atoms with Crippen LogP contribution in [0.25, 0.3) is 0 Å². The fourth-order valence-corrected chi connectivity index (χ4v) is 2.72. The van der Waals surface area contributed by atoms with Crippen LogP contribution in [-0.4, -0.2) is 29.5 Å². The zero-order chi connectivity index (χ0) is 11.1. The summed E-state index contributed by atoms with van der Waals surface area (Å²) in [6.07, 6.45) is 3.47. The van der Waals surface area contributed by atoms with Gasteiger partial charge in [-0.1, -0.05) is 0 Å². The van der Waals surface area contributed by atoms with E-state index < -0.39 is 0 Å². The Morgan fingerprint density at radius 2 is 2.50 bits per heavy atom. The van der Waals surface area contributed by atoms with Gasteiger partial charge in [0.15, 0.2) is 0 Å². The minimum absolute atomic E-state index is 0.0423. The molecule has 86 valence electrons. The molecule has 1 aliphatic carbocycles. The number of nitrogens with zero attached hydrogens (tertiary/aromatic N) is 1. The SMILES string of the molecule is O=C(NC1CC2CC1CN2)c1ncc(Cl)o1. The monoisotopic (exact) mass is 241 g/mol. The van der Waals surface area contributed by atoms with Crippen molar-refractivity contribution in [3.05, 3.63) is 17.3 Å². The zero-order valence-corrected chi connectivity index (χ0v) is 9.33. The van der Waals surface area contributed by atoms with Crippen molar-refractivity contribution in [1.82, 2.24) is 15.6 Å². The summed E-state index contributed by atoms with van der Waals surface area (Å²) in [4.78, 5) is 15.5. The molecule has 5 nitrogen and oxygen atoms in total. The molecule has 1 aliphatic heterocycles. The third-order valence-electron chi connectivity index (χ3n) is 3.35. The van der Waals surface area contributed by atoms with Crippen LogP contribution in [0.5, 0.6) is 0 Å². The summed E-state index contributed by atoms with van der Waals surface area (Å²) in [5, 5.41) is 6.48. The topological polar surface area (TPSA) is 67.2 Å². The number of nitrogens with one attached hydrogen (secondary N) is 2. The second-order valence-corrected chi connectivity index (χ2v) is 4.76. The maximum atomic E-state index is 11.7. The van der Waals surface area contributed by atoms with Gasteiger partial charge in [-0.3, -0.25) is 4.79 Å². The lowest BCUT2D eigenvalue weighted by atomic mass is 10.0. The first kappa shape index (κ1) is 10.1. The molecule has 2 fully saturated rings. The molecule has 3 unspecified atom stereocenters. The molecule has 1 aromatic rings. The molecule has 3 atom stereocenters. The van der Waals surface area contributed by atoms with E-state index >= 15 is 0 Å². The van der Waals surface area contributed by atoms with Gasteiger partial charge < -0.3 is 15.1 Å². The molecule has 0 radical (unpaired) electrons. The van der Waals surface area contributed by atoms with Crippen molar-refractivity contribution < 1.29 is 9.21 Å². The summed E-state index contributed by atoms with van der Waals surface area (Å²) in [7, 11) is 0. The number of amides is 1. The Hall–Kier alpha value is -1.07. The Bertz CT molecular complexity index is 420. The van der Waals surface area contributed by atoms with E-state index in [1.807, 2.05) is 0 Å². The van der Waals surface area contributed by atoms with E-state index in [0.717, 1.165) is 19.4 Å². The summed E-state index contributed by atoms with van der Waals surface area (Å²) in [5.74, 6) is 0.310. The quantitative estimate of drug-likeness (QED) is 0.804. The lowest BCUT2D eigenvalue weighted by molar-refractivity contribution is 0.0890. The van der Waals surface area contributed by atoms with E-state index in [0.29, 0.717) is 12.0 Å². The van der Waals surface area contributed by atoms with E-state index in [4.69, 9.17) is 16.0 Å². The van der Waals surface area contributed by atoms with Gasteiger partial charge in [-0.05, 0) is 30.4 Å². The van der Waals surface area contributed by atoms with Gasteiger partial charge in [0.05, 0.1) is 6.20 Å². The number of piperidine rings is 1. The number of carbonyl (C=O) groups excluding carboxylic acids is 1. The Morgan fingerprint density at radius 1 is 1.62 bits per heavy atom. The van der Waals surface area contributed by atoms with Crippen LogP contribution < -0.4 is 10.6 Å². The summed E-state index contributed by atoms with van der Waals surface area (Å²) < 4.78 is 4.96. The molecule has 0 spiro atoms. The maximum Gasteiger partial charge on any atom is 0.307 e. The average molecular weight is 242 g/mol. The number of oxazole rings is 1. The molecule has 1 saturated carbocycles. The van der Waals surface area contributed by atoms with Crippen LogP contribution in [0.1, 0.15) is 23.5 Å². The third kappa shape index (κ3) is 1.70. The molecule has 6 heteroatoms. The third-order valence-corrected chi connectivity index (χ3v) is 3.53. The van der Waals surface area contributed by atoms with Gasteiger partial charge >= 0.3 is 5.91 Å². The highest BCUT2D eigenvalue weighted by molar-refractivity contribution is 6.28. The molecule has 2 N–H and O–H groups in total. The molecule has 16 heavy (non-hydrogen) atoms. The van der Waals surface area contributed by atoms with Crippen LogP contribution >= 0.6 is 11.6 Å². The molecule has 2 bridgehead atoms. The van der Waals surface area contributed by atoms with Gasteiger partial charge in [-0.25, -0.2) is 4.98 Å². The molecule has 1 saturated heterocycles. The summed E-state index contributed by atoms with van der Waals surface area (Å²) >= 11 is 5.56. The van der Waals surface area contributed by atoms with Crippen molar-refractivity contribution >= 4 is 17.5 Å². The molecule has 1 aromatic heterocycles.